The number of hydrogen-bond donors (Lipinski definition) is 1. The summed E-state index contributed by atoms with van der Waals surface area (Å²) in [6.45, 7) is 6.85. The van der Waals surface area contributed by atoms with Crippen LogP contribution >= 0.6 is 0 Å². The quantitative estimate of drug-likeness (QED) is 0.689. The molecule has 3 nitrogen and oxygen atoms in total. The van der Waals surface area contributed by atoms with Gasteiger partial charge >= 0.3 is 0 Å². The van der Waals surface area contributed by atoms with Gasteiger partial charge in [0.1, 0.15) is 0 Å². The van der Waals surface area contributed by atoms with Crippen LogP contribution in [0.5, 0.6) is 0 Å². The third-order valence-electron chi connectivity index (χ3n) is 3.99. The molecule has 1 aliphatic heterocycles. The van der Waals surface area contributed by atoms with E-state index in [1.54, 1.807) is 0 Å². The van der Waals surface area contributed by atoms with Gasteiger partial charge in [0.05, 0.1) is 12.7 Å². The molecule has 0 unspecified atom stereocenters. The molecule has 100 valence electrons. The van der Waals surface area contributed by atoms with Crippen LogP contribution in [-0.2, 0) is 4.74 Å². The lowest BCUT2D eigenvalue weighted by atomic mass is 9.98. The normalized spacial score (nSPS) is 23.3. The van der Waals surface area contributed by atoms with Crippen LogP contribution in [0.4, 0.5) is 0 Å². The van der Waals surface area contributed by atoms with Gasteiger partial charge in [-0.2, -0.15) is 0 Å². The van der Waals surface area contributed by atoms with Crippen molar-refractivity contribution in [3.8, 4) is 0 Å². The van der Waals surface area contributed by atoms with Crippen molar-refractivity contribution >= 4 is 0 Å². The fourth-order valence-electron chi connectivity index (χ4n) is 2.90. The van der Waals surface area contributed by atoms with Crippen molar-refractivity contribution in [2.24, 2.45) is 0 Å². The monoisotopic (exact) mass is 240 g/mol. The van der Waals surface area contributed by atoms with E-state index in [-0.39, 0.29) is 0 Å². The van der Waals surface area contributed by atoms with E-state index in [4.69, 9.17) is 4.74 Å². The lowest BCUT2D eigenvalue weighted by Crippen LogP contribution is -2.32. The van der Waals surface area contributed by atoms with Crippen molar-refractivity contribution in [3.05, 3.63) is 0 Å². The fraction of sp³-hybridized carbons (Fsp3) is 1.00. The van der Waals surface area contributed by atoms with E-state index in [2.05, 4.69) is 10.2 Å². The fourth-order valence-corrected chi connectivity index (χ4v) is 2.90. The number of likely N-dealkylation sites (tertiary alicyclic amines) is 1. The molecule has 0 bridgehead atoms. The lowest BCUT2D eigenvalue weighted by Gasteiger charge is -2.22. The third kappa shape index (κ3) is 5.36. The molecule has 1 heterocycles. The SMILES string of the molecule is C1CCC(OCCNCCN2CCCC2)CC1. The highest BCUT2D eigenvalue weighted by molar-refractivity contribution is 4.67. The molecule has 2 fully saturated rings. The second-order valence-electron chi connectivity index (χ2n) is 5.43. The van der Waals surface area contributed by atoms with E-state index in [1.165, 1.54) is 64.6 Å². The maximum Gasteiger partial charge on any atom is 0.0594 e. The first kappa shape index (κ1) is 13.3. The Hall–Kier alpha value is -0.120. The van der Waals surface area contributed by atoms with Crippen LogP contribution in [0.3, 0.4) is 0 Å². The van der Waals surface area contributed by atoms with Crippen LogP contribution in [-0.4, -0.2) is 50.3 Å². The Morgan fingerprint density at radius 1 is 0.941 bits per heavy atom. The lowest BCUT2D eigenvalue weighted by molar-refractivity contribution is 0.0302. The van der Waals surface area contributed by atoms with Crippen LogP contribution in [0.2, 0.25) is 0 Å². The third-order valence-corrected chi connectivity index (χ3v) is 3.99. The Labute approximate surface area is 106 Å². The Balaban J connectivity index is 1.38. The van der Waals surface area contributed by atoms with Gasteiger partial charge in [-0.15, -0.1) is 0 Å². The minimum atomic E-state index is 0.559. The molecule has 2 rings (SSSR count). The van der Waals surface area contributed by atoms with Crippen molar-refractivity contribution < 1.29 is 4.74 Å². The van der Waals surface area contributed by atoms with Crippen LogP contribution in [0.15, 0.2) is 0 Å². The summed E-state index contributed by atoms with van der Waals surface area (Å²) < 4.78 is 5.88. The number of rotatable bonds is 7. The molecule has 0 amide bonds. The topological polar surface area (TPSA) is 24.5 Å². The standard InChI is InChI=1S/C14H28N2O/c1-2-6-14(7-3-1)17-13-9-15-8-12-16-10-4-5-11-16/h14-15H,1-13H2. The summed E-state index contributed by atoms with van der Waals surface area (Å²) in [6, 6.07) is 0. The first-order chi connectivity index (χ1) is 8.45. The van der Waals surface area contributed by atoms with E-state index in [0.29, 0.717) is 6.10 Å². The first-order valence-electron chi connectivity index (χ1n) is 7.50. The minimum Gasteiger partial charge on any atom is -0.377 e. The zero-order valence-corrected chi connectivity index (χ0v) is 11.1. The smallest absolute Gasteiger partial charge is 0.0594 e. The van der Waals surface area contributed by atoms with E-state index >= 15 is 0 Å². The molecule has 1 aliphatic carbocycles. The van der Waals surface area contributed by atoms with Gasteiger partial charge in [-0.25, -0.2) is 0 Å². The van der Waals surface area contributed by atoms with E-state index < -0.39 is 0 Å². The number of ether oxygens (including phenoxy) is 1. The Bertz CT molecular complexity index is 187. The predicted octanol–water partition coefficient (Wildman–Crippen LogP) is 2.02. The van der Waals surface area contributed by atoms with Crippen molar-refractivity contribution in [1.29, 1.82) is 0 Å². The van der Waals surface area contributed by atoms with Gasteiger partial charge in [-0.1, -0.05) is 19.3 Å². The minimum absolute atomic E-state index is 0.559. The van der Waals surface area contributed by atoms with Crippen molar-refractivity contribution in [2.75, 3.05) is 39.3 Å². The average Bonchev–Trinajstić information content (AvgIpc) is 2.88. The summed E-state index contributed by atoms with van der Waals surface area (Å²) in [6.07, 6.45) is 10.1. The molecule has 1 saturated carbocycles. The highest BCUT2D eigenvalue weighted by atomic mass is 16.5. The first-order valence-corrected chi connectivity index (χ1v) is 7.50. The highest BCUT2D eigenvalue weighted by Crippen LogP contribution is 2.19. The second kappa shape index (κ2) is 8.06. The summed E-state index contributed by atoms with van der Waals surface area (Å²) in [5.41, 5.74) is 0. The molecule has 2 aliphatic rings. The summed E-state index contributed by atoms with van der Waals surface area (Å²) in [5.74, 6) is 0. The molecule has 0 aromatic rings. The largest absolute Gasteiger partial charge is 0.377 e. The van der Waals surface area contributed by atoms with E-state index in [1.807, 2.05) is 0 Å². The van der Waals surface area contributed by atoms with E-state index in [9.17, 15) is 0 Å². The van der Waals surface area contributed by atoms with Crippen molar-refractivity contribution in [2.45, 2.75) is 51.0 Å². The van der Waals surface area contributed by atoms with Crippen molar-refractivity contribution in [1.82, 2.24) is 10.2 Å². The van der Waals surface area contributed by atoms with Crippen LogP contribution in [0.25, 0.3) is 0 Å². The van der Waals surface area contributed by atoms with Gasteiger partial charge in [0.15, 0.2) is 0 Å². The van der Waals surface area contributed by atoms with Crippen LogP contribution in [0.1, 0.15) is 44.9 Å². The molecule has 1 N–H and O–H groups in total. The highest BCUT2D eigenvalue weighted by Gasteiger charge is 2.13. The maximum absolute atomic E-state index is 5.88. The molecular weight excluding hydrogens is 212 g/mol. The molecule has 0 radical (unpaired) electrons. The Kier molecular flexibility index (Phi) is 6.32. The maximum atomic E-state index is 5.88. The van der Waals surface area contributed by atoms with E-state index in [0.717, 1.165) is 19.7 Å². The summed E-state index contributed by atoms with van der Waals surface area (Å²) >= 11 is 0. The van der Waals surface area contributed by atoms with Gasteiger partial charge < -0.3 is 15.0 Å². The predicted molar refractivity (Wildman–Crippen MR) is 71.4 cm³/mol. The molecule has 1 saturated heterocycles. The second-order valence-corrected chi connectivity index (χ2v) is 5.43. The average molecular weight is 240 g/mol. The molecule has 0 atom stereocenters. The van der Waals surface area contributed by atoms with Gasteiger partial charge in [0.25, 0.3) is 0 Å². The molecular formula is C14H28N2O. The van der Waals surface area contributed by atoms with Gasteiger partial charge in [-0.05, 0) is 38.8 Å². The van der Waals surface area contributed by atoms with Gasteiger partial charge in [-0.3, -0.25) is 0 Å². The molecule has 0 aromatic heterocycles. The number of hydrogen-bond acceptors (Lipinski definition) is 3. The summed E-state index contributed by atoms with van der Waals surface area (Å²) in [4.78, 5) is 2.55. The van der Waals surface area contributed by atoms with Crippen LogP contribution < -0.4 is 5.32 Å². The van der Waals surface area contributed by atoms with Gasteiger partial charge in [0.2, 0.25) is 0 Å². The summed E-state index contributed by atoms with van der Waals surface area (Å²) in [7, 11) is 0. The Morgan fingerprint density at radius 2 is 1.71 bits per heavy atom. The zero-order valence-electron chi connectivity index (χ0n) is 11.1. The summed E-state index contributed by atoms with van der Waals surface area (Å²) in [5, 5.41) is 3.49. The number of nitrogens with zero attached hydrogens (tertiary/aromatic N) is 1. The molecule has 3 heteroatoms. The van der Waals surface area contributed by atoms with Crippen molar-refractivity contribution in [3.63, 3.8) is 0 Å². The Morgan fingerprint density at radius 3 is 2.47 bits per heavy atom. The molecule has 0 spiro atoms. The van der Waals surface area contributed by atoms with Crippen LogP contribution in [0, 0.1) is 0 Å². The number of nitrogens with one attached hydrogen (secondary N) is 1. The molecule has 0 aromatic carbocycles. The molecule has 17 heavy (non-hydrogen) atoms. The zero-order chi connectivity index (χ0) is 11.8. The van der Waals surface area contributed by atoms with Gasteiger partial charge in [0, 0.05) is 19.6 Å².